The first-order valence-electron chi connectivity index (χ1n) is 10.4. The number of carboxylic acid groups (broad SMARTS) is 1. The van der Waals surface area contributed by atoms with Crippen molar-refractivity contribution in [3.63, 3.8) is 0 Å². The van der Waals surface area contributed by atoms with Gasteiger partial charge in [0.05, 0.1) is 16.9 Å². The number of anilines is 2. The zero-order chi connectivity index (χ0) is 20.9. The van der Waals surface area contributed by atoms with Gasteiger partial charge < -0.3 is 25.8 Å². The standard InChI is InChI=1S/C18H22N2O3.C5H11N/c1-3-4-10-20-16-12-13(18(21)22)11-15(19-2)17(16)23-14-8-6-5-7-9-14;1-2-4-6-5-3-1/h5-9,11-12,19-20H,3-4,10H2,1-2H3,(H,21,22);6H,1-5H2. The number of piperidine rings is 1. The smallest absolute Gasteiger partial charge is 0.335 e. The number of nitrogens with one attached hydrogen (secondary N) is 3. The lowest BCUT2D eigenvalue weighted by Gasteiger charge is -2.17. The number of aromatic carboxylic acids is 1. The fraction of sp³-hybridized carbons (Fsp3) is 0.435. The van der Waals surface area contributed by atoms with Crippen molar-refractivity contribution in [3.8, 4) is 11.5 Å². The maximum absolute atomic E-state index is 11.3. The summed E-state index contributed by atoms with van der Waals surface area (Å²) in [6.07, 6.45) is 6.27. The van der Waals surface area contributed by atoms with Gasteiger partial charge in [0.25, 0.3) is 0 Å². The molecule has 158 valence electrons. The van der Waals surface area contributed by atoms with Gasteiger partial charge in [0.1, 0.15) is 5.75 Å². The highest BCUT2D eigenvalue weighted by Gasteiger charge is 2.15. The molecule has 1 fully saturated rings. The molecule has 6 nitrogen and oxygen atoms in total. The molecule has 0 unspecified atom stereocenters. The molecule has 1 saturated heterocycles. The van der Waals surface area contributed by atoms with Gasteiger partial charge in [0.2, 0.25) is 0 Å². The number of carboxylic acids is 1. The van der Waals surface area contributed by atoms with Crippen molar-refractivity contribution in [2.45, 2.75) is 39.0 Å². The fourth-order valence-corrected chi connectivity index (χ4v) is 2.99. The Morgan fingerprint density at radius 2 is 1.79 bits per heavy atom. The number of unbranched alkanes of at least 4 members (excludes halogenated alkanes) is 1. The van der Waals surface area contributed by atoms with Gasteiger partial charge in [-0.1, -0.05) is 38.0 Å². The van der Waals surface area contributed by atoms with Crippen molar-refractivity contribution in [2.24, 2.45) is 0 Å². The van der Waals surface area contributed by atoms with Gasteiger partial charge in [-0.3, -0.25) is 0 Å². The highest BCUT2D eigenvalue weighted by atomic mass is 16.5. The summed E-state index contributed by atoms with van der Waals surface area (Å²) in [5, 5.41) is 18.9. The highest BCUT2D eigenvalue weighted by molar-refractivity contribution is 5.92. The molecule has 2 aromatic rings. The van der Waals surface area contributed by atoms with E-state index in [-0.39, 0.29) is 5.56 Å². The van der Waals surface area contributed by atoms with Crippen LogP contribution in [0.25, 0.3) is 0 Å². The zero-order valence-electron chi connectivity index (χ0n) is 17.5. The van der Waals surface area contributed by atoms with Crippen LogP contribution in [-0.2, 0) is 0 Å². The van der Waals surface area contributed by atoms with Crippen LogP contribution < -0.4 is 20.7 Å². The molecule has 0 radical (unpaired) electrons. The Morgan fingerprint density at radius 1 is 1.10 bits per heavy atom. The molecule has 0 saturated carbocycles. The topological polar surface area (TPSA) is 82.6 Å². The molecule has 6 heteroatoms. The fourth-order valence-electron chi connectivity index (χ4n) is 2.99. The summed E-state index contributed by atoms with van der Waals surface area (Å²) < 4.78 is 5.98. The van der Waals surface area contributed by atoms with Crippen LogP contribution in [0.2, 0.25) is 0 Å². The van der Waals surface area contributed by atoms with Crippen LogP contribution in [-0.4, -0.2) is 37.8 Å². The molecule has 2 aromatic carbocycles. The first-order chi connectivity index (χ1) is 14.2. The van der Waals surface area contributed by atoms with Crippen LogP contribution in [0.15, 0.2) is 42.5 Å². The summed E-state index contributed by atoms with van der Waals surface area (Å²) >= 11 is 0. The lowest BCUT2D eigenvalue weighted by Crippen LogP contribution is -2.21. The molecule has 4 N–H and O–H groups in total. The SMILES string of the molecule is C1CCNCC1.CCCCNc1cc(C(=O)O)cc(NC)c1Oc1ccccc1. The van der Waals surface area contributed by atoms with Crippen LogP contribution in [0.3, 0.4) is 0 Å². The second-order valence-corrected chi connectivity index (χ2v) is 6.96. The average molecular weight is 400 g/mol. The van der Waals surface area contributed by atoms with Crippen LogP contribution >= 0.6 is 0 Å². The first kappa shape index (κ1) is 22.6. The third-order valence-corrected chi connectivity index (χ3v) is 4.62. The minimum absolute atomic E-state index is 0.216. The van der Waals surface area contributed by atoms with Gasteiger partial charge in [0.15, 0.2) is 5.75 Å². The van der Waals surface area contributed by atoms with E-state index in [2.05, 4.69) is 22.9 Å². The normalized spacial score (nSPS) is 13.0. The Hall–Kier alpha value is -2.73. The number of rotatable bonds is 8. The minimum atomic E-state index is -0.966. The maximum atomic E-state index is 11.3. The van der Waals surface area contributed by atoms with E-state index < -0.39 is 5.97 Å². The van der Waals surface area contributed by atoms with Crippen LogP contribution in [0.4, 0.5) is 11.4 Å². The Morgan fingerprint density at radius 3 is 2.31 bits per heavy atom. The largest absolute Gasteiger partial charge is 0.478 e. The van der Waals surface area contributed by atoms with E-state index in [1.54, 1.807) is 19.2 Å². The molecule has 0 aromatic heterocycles. The number of hydrogen-bond donors (Lipinski definition) is 4. The Labute approximate surface area is 173 Å². The molecular weight excluding hydrogens is 366 g/mol. The summed E-state index contributed by atoms with van der Waals surface area (Å²) in [4.78, 5) is 11.3. The molecule has 0 atom stereocenters. The molecule has 29 heavy (non-hydrogen) atoms. The van der Waals surface area contributed by atoms with Crippen molar-refractivity contribution < 1.29 is 14.6 Å². The summed E-state index contributed by atoms with van der Waals surface area (Å²) in [6.45, 7) is 5.36. The Kier molecular flexibility index (Phi) is 9.86. The van der Waals surface area contributed by atoms with Gasteiger partial charge >= 0.3 is 5.97 Å². The number of benzene rings is 2. The van der Waals surface area contributed by atoms with Crippen molar-refractivity contribution in [1.29, 1.82) is 0 Å². The molecule has 0 spiro atoms. The maximum Gasteiger partial charge on any atom is 0.335 e. The predicted molar refractivity (Wildman–Crippen MR) is 120 cm³/mol. The molecule has 1 heterocycles. The van der Waals surface area contributed by atoms with Crippen molar-refractivity contribution >= 4 is 17.3 Å². The monoisotopic (exact) mass is 399 g/mol. The quantitative estimate of drug-likeness (QED) is 0.457. The van der Waals surface area contributed by atoms with E-state index in [0.29, 0.717) is 22.9 Å². The number of hydrogen-bond acceptors (Lipinski definition) is 5. The Bertz CT molecular complexity index is 735. The van der Waals surface area contributed by atoms with Crippen molar-refractivity contribution in [2.75, 3.05) is 37.3 Å². The Balaban J connectivity index is 0.000000426. The third-order valence-electron chi connectivity index (χ3n) is 4.62. The summed E-state index contributed by atoms with van der Waals surface area (Å²) in [6, 6.07) is 12.6. The number of ether oxygens (including phenoxy) is 1. The lowest BCUT2D eigenvalue weighted by atomic mass is 10.1. The molecule has 1 aliphatic heterocycles. The van der Waals surface area contributed by atoms with Gasteiger partial charge in [-0.2, -0.15) is 0 Å². The van der Waals surface area contributed by atoms with Crippen molar-refractivity contribution in [3.05, 3.63) is 48.0 Å². The van der Waals surface area contributed by atoms with E-state index in [9.17, 15) is 9.90 Å². The molecule has 0 aliphatic carbocycles. The van der Waals surface area contributed by atoms with Gasteiger partial charge in [-0.05, 0) is 56.6 Å². The first-order valence-corrected chi connectivity index (χ1v) is 10.4. The highest BCUT2D eigenvalue weighted by Crippen LogP contribution is 2.38. The molecule has 0 amide bonds. The van der Waals surface area contributed by atoms with Crippen molar-refractivity contribution in [1.82, 2.24) is 5.32 Å². The van der Waals surface area contributed by atoms with E-state index in [0.717, 1.165) is 19.4 Å². The van der Waals surface area contributed by atoms with E-state index in [4.69, 9.17) is 4.74 Å². The van der Waals surface area contributed by atoms with E-state index in [1.165, 1.54) is 32.4 Å². The molecular formula is C23H33N3O3. The second-order valence-electron chi connectivity index (χ2n) is 6.96. The summed E-state index contributed by atoms with van der Waals surface area (Å²) in [5.41, 5.74) is 1.52. The van der Waals surface area contributed by atoms with E-state index >= 15 is 0 Å². The van der Waals surface area contributed by atoms with Crippen LogP contribution in [0.1, 0.15) is 49.4 Å². The second kappa shape index (κ2) is 12.7. The summed E-state index contributed by atoms with van der Waals surface area (Å²) in [5.74, 6) is 0.330. The molecule has 3 rings (SSSR count). The van der Waals surface area contributed by atoms with Crippen LogP contribution in [0, 0.1) is 0 Å². The third kappa shape index (κ3) is 7.66. The number of para-hydroxylation sites is 1. The van der Waals surface area contributed by atoms with Gasteiger partial charge in [0, 0.05) is 13.6 Å². The van der Waals surface area contributed by atoms with Gasteiger partial charge in [-0.15, -0.1) is 0 Å². The lowest BCUT2D eigenvalue weighted by molar-refractivity contribution is 0.0697. The van der Waals surface area contributed by atoms with Crippen LogP contribution in [0.5, 0.6) is 11.5 Å². The predicted octanol–water partition coefficient (Wildman–Crippen LogP) is 5.19. The average Bonchev–Trinajstić information content (AvgIpc) is 2.77. The molecule has 0 bridgehead atoms. The minimum Gasteiger partial charge on any atom is -0.478 e. The molecule has 1 aliphatic rings. The zero-order valence-corrected chi connectivity index (χ0v) is 17.5. The van der Waals surface area contributed by atoms with Gasteiger partial charge in [-0.25, -0.2) is 4.79 Å². The van der Waals surface area contributed by atoms with E-state index in [1.807, 2.05) is 30.3 Å². The number of carbonyl (C=O) groups is 1. The summed E-state index contributed by atoms with van der Waals surface area (Å²) in [7, 11) is 1.74.